The van der Waals surface area contributed by atoms with E-state index < -0.39 is 0 Å². The van der Waals surface area contributed by atoms with Crippen LogP contribution < -0.4 is 0 Å². The van der Waals surface area contributed by atoms with Crippen LogP contribution in [0.4, 0.5) is 0 Å². The summed E-state index contributed by atoms with van der Waals surface area (Å²) in [6.07, 6.45) is 0.475. The highest BCUT2D eigenvalue weighted by Gasteiger charge is 2.11. The predicted molar refractivity (Wildman–Crippen MR) is 53.8 cm³/mol. The lowest BCUT2D eigenvalue weighted by Crippen LogP contribution is -1.98. The molecule has 12 heavy (non-hydrogen) atoms. The van der Waals surface area contributed by atoms with E-state index in [-0.39, 0.29) is 5.78 Å². The summed E-state index contributed by atoms with van der Waals surface area (Å²) in [6.45, 7) is 1.82. The summed E-state index contributed by atoms with van der Waals surface area (Å²) in [7, 11) is 0. The van der Waals surface area contributed by atoms with Gasteiger partial charge in [0.05, 0.1) is 10.6 Å². The Labute approximate surface area is 84.9 Å². The summed E-state index contributed by atoms with van der Waals surface area (Å²) in [5.74, 6) is 0.0625. The zero-order valence-corrected chi connectivity index (χ0v) is 8.95. The molecule has 0 N–H and O–H groups in total. The zero-order valence-electron chi connectivity index (χ0n) is 6.60. The molecule has 0 bridgehead atoms. The van der Waals surface area contributed by atoms with E-state index in [2.05, 4.69) is 15.9 Å². The maximum Gasteiger partial charge on any atom is 0.165 e. The molecule has 1 rings (SSSR count). The van der Waals surface area contributed by atoms with Crippen LogP contribution in [0, 0.1) is 0 Å². The minimum Gasteiger partial charge on any atom is -0.294 e. The molecule has 3 heteroatoms. The first kappa shape index (κ1) is 9.75. The molecule has 0 aliphatic heterocycles. The van der Waals surface area contributed by atoms with Gasteiger partial charge in [-0.15, -0.1) is 0 Å². The highest BCUT2D eigenvalue weighted by molar-refractivity contribution is 9.10. The van der Waals surface area contributed by atoms with Crippen molar-refractivity contribution in [2.75, 3.05) is 0 Å². The van der Waals surface area contributed by atoms with Gasteiger partial charge in [-0.05, 0) is 28.1 Å². The fourth-order valence-corrected chi connectivity index (χ4v) is 1.92. The van der Waals surface area contributed by atoms with Crippen LogP contribution in [-0.4, -0.2) is 5.78 Å². The van der Waals surface area contributed by atoms with Gasteiger partial charge in [-0.1, -0.05) is 24.6 Å². The molecule has 1 aromatic rings. The first-order chi connectivity index (χ1) is 5.66. The van der Waals surface area contributed by atoms with Gasteiger partial charge >= 0.3 is 0 Å². The summed E-state index contributed by atoms with van der Waals surface area (Å²) in [5.41, 5.74) is 0.585. The molecule has 0 aliphatic carbocycles. The molecule has 0 atom stereocenters. The van der Waals surface area contributed by atoms with E-state index in [0.717, 1.165) is 4.47 Å². The predicted octanol–water partition coefficient (Wildman–Crippen LogP) is 3.70. The van der Waals surface area contributed by atoms with Crippen molar-refractivity contribution >= 4 is 33.3 Å². The Bertz CT molecular complexity index is 289. The fraction of sp³-hybridized carbons (Fsp3) is 0.222. The van der Waals surface area contributed by atoms with Crippen molar-refractivity contribution in [1.29, 1.82) is 0 Å². The Morgan fingerprint density at radius 3 is 2.75 bits per heavy atom. The Hall–Kier alpha value is -0.340. The second-order valence-electron chi connectivity index (χ2n) is 2.37. The summed E-state index contributed by atoms with van der Waals surface area (Å²) in [4.78, 5) is 11.3. The Kier molecular flexibility index (Phi) is 3.29. The lowest BCUT2D eigenvalue weighted by Gasteiger charge is -2.02. The van der Waals surface area contributed by atoms with Crippen LogP contribution in [0.25, 0.3) is 0 Å². The number of carbonyl (C=O) groups excluding carboxylic acids is 1. The third-order valence-corrected chi connectivity index (χ3v) is 2.54. The van der Waals surface area contributed by atoms with Crippen LogP contribution in [0.2, 0.25) is 5.02 Å². The molecule has 0 saturated heterocycles. The maximum atomic E-state index is 11.3. The minimum absolute atomic E-state index is 0.0625. The van der Waals surface area contributed by atoms with E-state index >= 15 is 0 Å². The van der Waals surface area contributed by atoms with Crippen molar-refractivity contribution in [2.24, 2.45) is 0 Å². The Morgan fingerprint density at radius 2 is 2.25 bits per heavy atom. The van der Waals surface area contributed by atoms with Gasteiger partial charge in [-0.2, -0.15) is 0 Å². The summed E-state index contributed by atoms with van der Waals surface area (Å²) in [5, 5.41) is 0.510. The SMILES string of the molecule is CCC(=O)c1c(Cl)cccc1Br. The minimum atomic E-state index is 0.0625. The van der Waals surface area contributed by atoms with Gasteiger partial charge in [0.25, 0.3) is 0 Å². The first-order valence-corrected chi connectivity index (χ1v) is 4.81. The Balaban J connectivity index is 3.21. The van der Waals surface area contributed by atoms with Crippen molar-refractivity contribution < 1.29 is 4.79 Å². The van der Waals surface area contributed by atoms with Gasteiger partial charge in [0, 0.05) is 10.9 Å². The van der Waals surface area contributed by atoms with Crippen LogP contribution in [0.3, 0.4) is 0 Å². The molecular formula is C9H8BrClO. The van der Waals surface area contributed by atoms with E-state index in [1.807, 2.05) is 13.0 Å². The van der Waals surface area contributed by atoms with E-state index in [4.69, 9.17) is 11.6 Å². The van der Waals surface area contributed by atoms with E-state index in [1.165, 1.54) is 0 Å². The molecule has 0 aromatic heterocycles. The van der Waals surface area contributed by atoms with Crippen molar-refractivity contribution in [2.45, 2.75) is 13.3 Å². The van der Waals surface area contributed by atoms with Crippen LogP contribution in [0.1, 0.15) is 23.7 Å². The number of benzene rings is 1. The molecule has 0 heterocycles. The molecule has 0 unspecified atom stereocenters. The summed E-state index contributed by atoms with van der Waals surface area (Å²) in [6, 6.07) is 5.34. The molecule has 0 fully saturated rings. The van der Waals surface area contributed by atoms with Crippen molar-refractivity contribution in [1.82, 2.24) is 0 Å². The smallest absolute Gasteiger partial charge is 0.165 e. The number of halogens is 2. The quantitative estimate of drug-likeness (QED) is 0.728. The number of carbonyl (C=O) groups is 1. The zero-order chi connectivity index (χ0) is 9.14. The number of hydrogen-bond donors (Lipinski definition) is 0. The van der Waals surface area contributed by atoms with Gasteiger partial charge in [-0.25, -0.2) is 0 Å². The average molecular weight is 248 g/mol. The molecular weight excluding hydrogens is 239 g/mol. The molecule has 0 saturated carbocycles. The van der Waals surface area contributed by atoms with Gasteiger partial charge in [0.2, 0.25) is 0 Å². The molecule has 0 amide bonds. The molecule has 0 radical (unpaired) electrons. The summed E-state index contributed by atoms with van der Waals surface area (Å²) >= 11 is 9.14. The van der Waals surface area contributed by atoms with Crippen molar-refractivity contribution in [3.63, 3.8) is 0 Å². The van der Waals surface area contributed by atoms with Crippen molar-refractivity contribution in [3.8, 4) is 0 Å². The van der Waals surface area contributed by atoms with E-state index in [1.54, 1.807) is 12.1 Å². The topological polar surface area (TPSA) is 17.1 Å². The molecule has 0 spiro atoms. The van der Waals surface area contributed by atoms with Gasteiger partial charge in [0.1, 0.15) is 0 Å². The highest BCUT2D eigenvalue weighted by atomic mass is 79.9. The van der Waals surface area contributed by atoms with Gasteiger partial charge in [-0.3, -0.25) is 4.79 Å². The maximum absolute atomic E-state index is 11.3. The summed E-state index contributed by atoms with van der Waals surface area (Å²) < 4.78 is 0.766. The van der Waals surface area contributed by atoms with Crippen LogP contribution in [0.15, 0.2) is 22.7 Å². The molecule has 64 valence electrons. The monoisotopic (exact) mass is 246 g/mol. The highest BCUT2D eigenvalue weighted by Crippen LogP contribution is 2.25. The lowest BCUT2D eigenvalue weighted by atomic mass is 10.1. The third-order valence-electron chi connectivity index (χ3n) is 1.56. The van der Waals surface area contributed by atoms with E-state index in [9.17, 15) is 4.79 Å². The van der Waals surface area contributed by atoms with E-state index in [0.29, 0.717) is 17.0 Å². The van der Waals surface area contributed by atoms with Crippen molar-refractivity contribution in [3.05, 3.63) is 33.3 Å². The first-order valence-electron chi connectivity index (χ1n) is 3.64. The lowest BCUT2D eigenvalue weighted by molar-refractivity contribution is 0.0987. The van der Waals surface area contributed by atoms with Gasteiger partial charge in [0.15, 0.2) is 5.78 Å². The molecule has 1 nitrogen and oxygen atoms in total. The molecule has 0 aliphatic rings. The number of rotatable bonds is 2. The number of ketones is 1. The second-order valence-corrected chi connectivity index (χ2v) is 3.63. The van der Waals surface area contributed by atoms with Crippen LogP contribution >= 0.6 is 27.5 Å². The third kappa shape index (κ3) is 1.87. The Morgan fingerprint density at radius 1 is 1.58 bits per heavy atom. The molecule has 1 aromatic carbocycles. The largest absolute Gasteiger partial charge is 0.294 e. The normalized spacial score (nSPS) is 9.92. The standard InChI is InChI=1S/C9H8BrClO/c1-2-8(12)9-6(10)4-3-5-7(9)11/h3-5H,2H2,1H3. The fourth-order valence-electron chi connectivity index (χ4n) is 0.941. The number of Topliss-reactive ketones (excluding diaryl/α,β-unsaturated/α-hetero) is 1. The van der Waals surface area contributed by atoms with Gasteiger partial charge < -0.3 is 0 Å². The van der Waals surface area contributed by atoms with Crippen LogP contribution in [-0.2, 0) is 0 Å². The second kappa shape index (κ2) is 4.06. The average Bonchev–Trinajstić information content (AvgIpc) is 2.03. The van der Waals surface area contributed by atoms with Crippen LogP contribution in [0.5, 0.6) is 0 Å². The number of hydrogen-bond acceptors (Lipinski definition) is 1.